The predicted molar refractivity (Wildman–Crippen MR) is 42.2 cm³/mol. The van der Waals surface area contributed by atoms with Gasteiger partial charge in [-0.25, -0.2) is 0 Å². The number of halogens is 5. The van der Waals surface area contributed by atoms with Gasteiger partial charge in [0.2, 0.25) is 0 Å². The molecule has 0 aromatic heterocycles. The molecule has 0 saturated heterocycles. The molecule has 0 bridgehead atoms. The summed E-state index contributed by atoms with van der Waals surface area (Å²) in [6, 6.07) is 0.879. The van der Waals surface area contributed by atoms with Crippen LogP contribution >= 0.6 is 10.2 Å². The fraction of sp³-hybridized carbons (Fsp3) is 0. The van der Waals surface area contributed by atoms with Crippen LogP contribution in [-0.4, -0.2) is 5.97 Å². The maximum atomic E-state index is 12.1. The zero-order valence-electron chi connectivity index (χ0n) is 6.92. The van der Waals surface area contributed by atoms with Crippen molar-refractivity contribution in [3.05, 3.63) is 29.8 Å². The van der Waals surface area contributed by atoms with E-state index in [9.17, 15) is 29.3 Å². The first-order valence-electron chi connectivity index (χ1n) is 3.46. The second kappa shape index (κ2) is 2.43. The van der Waals surface area contributed by atoms with Gasteiger partial charge in [0.15, 0.2) is 0 Å². The molecular formula is C7H4F5O2S-. The average molecular weight is 247 g/mol. The Balaban J connectivity index is 3.29. The summed E-state index contributed by atoms with van der Waals surface area (Å²) in [5.41, 5.74) is -0.597. The molecule has 0 aliphatic heterocycles. The molecule has 0 aliphatic rings. The van der Waals surface area contributed by atoms with Crippen LogP contribution in [-0.2, 0) is 0 Å². The number of carboxylic acids is 1. The normalized spacial score (nSPS) is 16.6. The number of hydrogen-bond acceptors (Lipinski definition) is 2. The van der Waals surface area contributed by atoms with Crippen molar-refractivity contribution in [1.82, 2.24) is 0 Å². The summed E-state index contributed by atoms with van der Waals surface area (Å²) in [7, 11) is -9.70. The molecule has 0 amide bonds. The smallest absolute Gasteiger partial charge is 0.310 e. The topological polar surface area (TPSA) is 40.1 Å². The van der Waals surface area contributed by atoms with E-state index < -0.39 is 26.7 Å². The zero-order chi connectivity index (χ0) is 12.0. The summed E-state index contributed by atoms with van der Waals surface area (Å²) in [5.74, 6) is -1.73. The summed E-state index contributed by atoms with van der Waals surface area (Å²) in [6.45, 7) is 0. The van der Waals surface area contributed by atoms with Gasteiger partial charge in [0, 0.05) is 0 Å². The maximum absolute atomic E-state index is 12.1. The third kappa shape index (κ3) is 2.82. The van der Waals surface area contributed by atoms with Crippen molar-refractivity contribution in [2.45, 2.75) is 4.90 Å². The van der Waals surface area contributed by atoms with Crippen molar-refractivity contribution in [2.75, 3.05) is 0 Å². The van der Waals surface area contributed by atoms with Crippen molar-refractivity contribution in [1.29, 1.82) is 0 Å². The molecule has 86 valence electrons. The number of benzene rings is 1. The Labute approximate surface area is 81.1 Å². The molecule has 0 heterocycles. The van der Waals surface area contributed by atoms with E-state index in [1.165, 1.54) is 0 Å². The van der Waals surface area contributed by atoms with Gasteiger partial charge in [-0.2, -0.15) is 0 Å². The van der Waals surface area contributed by atoms with Gasteiger partial charge in [-0.1, -0.05) is 31.6 Å². The Hall–Kier alpha value is -1.31. The fourth-order valence-corrected chi connectivity index (χ4v) is 1.50. The zero-order valence-corrected chi connectivity index (χ0v) is 7.74. The molecule has 8 heteroatoms. The minimum atomic E-state index is -9.70. The molecule has 2 nitrogen and oxygen atoms in total. The van der Waals surface area contributed by atoms with Gasteiger partial charge in [0.25, 0.3) is 0 Å². The van der Waals surface area contributed by atoms with Crippen LogP contribution in [0.5, 0.6) is 0 Å². The van der Waals surface area contributed by atoms with Gasteiger partial charge in [-0.15, -0.1) is 0 Å². The minimum absolute atomic E-state index is 0.0205. The minimum Gasteiger partial charge on any atom is -0.545 e. The van der Waals surface area contributed by atoms with Crippen LogP contribution < -0.4 is 5.11 Å². The molecule has 15 heavy (non-hydrogen) atoms. The number of carboxylic acid groups (broad SMARTS) is 1. The number of carbonyl (C=O) groups excluding carboxylic acids is 1. The highest BCUT2D eigenvalue weighted by Gasteiger charge is 2.65. The Morgan fingerprint density at radius 2 is 1.40 bits per heavy atom. The fourth-order valence-electron chi connectivity index (χ4n) is 0.848. The van der Waals surface area contributed by atoms with Crippen LogP contribution in [0.1, 0.15) is 10.4 Å². The van der Waals surface area contributed by atoms with E-state index in [-0.39, 0.29) is 12.1 Å². The molecule has 0 radical (unpaired) electrons. The van der Waals surface area contributed by atoms with E-state index >= 15 is 0 Å². The van der Waals surface area contributed by atoms with Crippen molar-refractivity contribution in [2.24, 2.45) is 0 Å². The second-order valence-electron chi connectivity index (χ2n) is 2.78. The lowest BCUT2D eigenvalue weighted by molar-refractivity contribution is -0.255. The second-order valence-corrected chi connectivity index (χ2v) is 5.19. The monoisotopic (exact) mass is 247 g/mol. The van der Waals surface area contributed by atoms with E-state index in [1.54, 1.807) is 0 Å². The summed E-state index contributed by atoms with van der Waals surface area (Å²) in [4.78, 5) is 8.03. The highest BCUT2D eigenvalue weighted by Crippen LogP contribution is 3.02. The van der Waals surface area contributed by atoms with Crippen molar-refractivity contribution in [3.63, 3.8) is 0 Å². The molecule has 0 spiro atoms. The molecule has 0 atom stereocenters. The van der Waals surface area contributed by atoms with E-state index in [4.69, 9.17) is 0 Å². The first-order valence-corrected chi connectivity index (χ1v) is 5.41. The standard InChI is InChI=1S/C7H5F5O2S/c8-15(9,10,11,12)6-3-1-5(2-4-6)7(13)14/h1-4H,(H,13,14)/p-1. The Bertz CT molecular complexity index is 406. The molecule has 0 unspecified atom stereocenters. The third-order valence-corrected chi connectivity index (χ3v) is 2.70. The van der Waals surface area contributed by atoms with E-state index in [2.05, 4.69) is 0 Å². The molecule has 0 aliphatic carbocycles. The van der Waals surface area contributed by atoms with Crippen LogP contribution in [0.3, 0.4) is 0 Å². The first kappa shape index (κ1) is 11.8. The first-order chi connectivity index (χ1) is 6.40. The average Bonchev–Trinajstić information content (AvgIpc) is 2.00. The molecule has 1 aromatic rings. The van der Waals surface area contributed by atoms with Crippen LogP contribution in [0.25, 0.3) is 0 Å². The molecule has 1 rings (SSSR count). The van der Waals surface area contributed by atoms with Crippen LogP contribution in [0.2, 0.25) is 0 Å². The summed E-state index contributed by atoms with van der Waals surface area (Å²) >= 11 is 0. The lowest BCUT2D eigenvalue weighted by atomic mass is 10.2. The van der Waals surface area contributed by atoms with E-state index in [0.29, 0.717) is 12.1 Å². The van der Waals surface area contributed by atoms with Gasteiger partial charge >= 0.3 is 10.2 Å². The van der Waals surface area contributed by atoms with Crippen LogP contribution in [0.15, 0.2) is 29.2 Å². The number of rotatable bonds is 2. The highest BCUT2D eigenvalue weighted by atomic mass is 32.5. The van der Waals surface area contributed by atoms with Gasteiger partial charge in [-0.3, -0.25) is 0 Å². The van der Waals surface area contributed by atoms with Crippen LogP contribution in [0, 0.1) is 0 Å². The SMILES string of the molecule is O=C([O-])c1ccc(S(F)(F)(F)(F)F)cc1. The number of aromatic carboxylic acids is 1. The van der Waals surface area contributed by atoms with Crippen molar-refractivity contribution in [3.8, 4) is 0 Å². The molecule has 0 N–H and O–H groups in total. The lowest BCUT2D eigenvalue weighted by Gasteiger charge is -2.40. The molecule has 0 fully saturated rings. The predicted octanol–water partition coefficient (Wildman–Crippen LogP) is 2.71. The maximum Gasteiger partial charge on any atom is 0.310 e. The van der Waals surface area contributed by atoms with Gasteiger partial charge < -0.3 is 9.90 Å². The van der Waals surface area contributed by atoms with E-state index in [0.717, 1.165) is 0 Å². The quantitative estimate of drug-likeness (QED) is 0.754. The van der Waals surface area contributed by atoms with E-state index in [1.807, 2.05) is 0 Å². The number of carbonyl (C=O) groups is 1. The van der Waals surface area contributed by atoms with Gasteiger partial charge in [0.05, 0.1) is 5.97 Å². The van der Waals surface area contributed by atoms with Gasteiger partial charge in [0.1, 0.15) is 4.90 Å². The Morgan fingerprint density at radius 1 is 1.00 bits per heavy atom. The third-order valence-electron chi connectivity index (χ3n) is 1.54. The summed E-state index contributed by atoms with van der Waals surface area (Å²) in [5, 5.41) is 10.2. The highest BCUT2D eigenvalue weighted by molar-refractivity contribution is 8.45. The largest absolute Gasteiger partial charge is 0.545 e. The van der Waals surface area contributed by atoms with Crippen molar-refractivity contribution >= 4 is 16.2 Å². The molecule has 1 aromatic carbocycles. The Kier molecular flexibility index (Phi) is 1.91. The summed E-state index contributed by atoms with van der Waals surface area (Å²) < 4.78 is 60.6. The van der Waals surface area contributed by atoms with Crippen LogP contribution in [0.4, 0.5) is 19.4 Å². The lowest BCUT2D eigenvalue weighted by Crippen LogP contribution is -2.22. The molecule has 0 saturated carbocycles. The van der Waals surface area contributed by atoms with Crippen molar-refractivity contribution < 1.29 is 29.3 Å². The summed E-state index contributed by atoms with van der Waals surface area (Å²) in [6.07, 6.45) is 0. The Morgan fingerprint density at radius 3 is 1.67 bits per heavy atom. The van der Waals surface area contributed by atoms with Gasteiger partial charge in [-0.05, 0) is 17.7 Å². The molecular weight excluding hydrogens is 243 g/mol. The number of hydrogen-bond donors (Lipinski definition) is 0.